The first-order valence-electron chi connectivity index (χ1n) is 10.9. The van der Waals surface area contributed by atoms with Gasteiger partial charge in [-0.25, -0.2) is 0 Å². The predicted octanol–water partition coefficient (Wildman–Crippen LogP) is 2.62. The number of ether oxygens (including phenoxy) is 2. The molecule has 4 aliphatic carbocycles. The van der Waals surface area contributed by atoms with E-state index in [1.807, 2.05) is 0 Å². The zero-order chi connectivity index (χ0) is 19.5. The molecule has 6 heteroatoms. The van der Waals surface area contributed by atoms with E-state index in [4.69, 9.17) is 9.47 Å². The van der Waals surface area contributed by atoms with E-state index >= 15 is 0 Å². The molecule has 5 rings (SSSR count). The van der Waals surface area contributed by atoms with Crippen LogP contribution >= 0.6 is 0 Å². The number of ketones is 2. The van der Waals surface area contributed by atoms with Gasteiger partial charge in [-0.2, -0.15) is 0 Å². The Kier molecular flexibility index (Phi) is 4.18. The lowest BCUT2D eigenvalue weighted by Crippen LogP contribution is -2.62. The second kappa shape index (κ2) is 6.39. The van der Waals surface area contributed by atoms with Crippen molar-refractivity contribution in [3.8, 4) is 0 Å². The molecule has 6 nitrogen and oxygen atoms in total. The van der Waals surface area contributed by atoms with Crippen molar-refractivity contribution in [1.29, 1.82) is 0 Å². The third-order valence-corrected chi connectivity index (χ3v) is 8.70. The average Bonchev–Trinajstić information content (AvgIpc) is 2.64. The molecular formula is C22H28O6. The zero-order valence-electron chi connectivity index (χ0n) is 16.2. The van der Waals surface area contributed by atoms with Gasteiger partial charge in [0.1, 0.15) is 11.6 Å². The van der Waals surface area contributed by atoms with E-state index in [9.17, 15) is 19.2 Å². The number of carbonyl (C=O) groups is 4. The van der Waals surface area contributed by atoms with Crippen LogP contribution in [0.25, 0.3) is 0 Å². The molecule has 4 saturated carbocycles. The fraction of sp³-hybridized carbons (Fsp3) is 0.818. The number of carbonyl (C=O) groups excluding carboxylic acids is 4. The standard InChI is InChI=1S/C22H28O6/c23-17-3-1-7-21-13(11-15(17)21)5-9-28-20(26)22-8-2-4-18(24)16(22)12-14(22)6-10-27-19(21)25/h13-16H,1-12H2/t13-,14-,15+,16+,21-,22-/m1/s1. The third kappa shape index (κ3) is 2.26. The van der Waals surface area contributed by atoms with Crippen molar-refractivity contribution >= 4 is 23.5 Å². The summed E-state index contributed by atoms with van der Waals surface area (Å²) in [6, 6.07) is 0. The predicted molar refractivity (Wildman–Crippen MR) is 96.9 cm³/mol. The summed E-state index contributed by atoms with van der Waals surface area (Å²) < 4.78 is 11.4. The second-order valence-electron chi connectivity index (χ2n) is 9.54. The maximum Gasteiger partial charge on any atom is 0.313 e. The number of hydrogen-bond acceptors (Lipinski definition) is 6. The molecule has 0 aromatic heterocycles. The van der Waals surface area contributed by atoms with E-state index < -0.39 is 10.8 Å². The Morgan fingerprint density at radius 3 is 1.54 bits per heavy atom. The molecule has 6 atom stereocenters. The van der Waals surface area contributed by atoms with Crippen LogP contribution in [0, 0.1) is 34.5 Å². The largest absolute Gasteiger partial charge is 0.465 e. The van der Waals surface area contributed by atoms with Crippen molar-refractivity contribution in [2.75, 3.05) is 13.2 Å². The molecule has 5 aliphatic rings. The van der Waals surface area contributed by atoms with Gasteiger partial charge in [0.2, 0.25) is 0 Å². The fourth-order valence-electron chi connectivity index (χ4n) is 7.14. The highest BCUT2D eigenvalue weighted by molar-refractivity contribution is 5.93. The van der Waals surface area contributed by atoms with Crippen LogP contribution in [-0.4, -0.2) is 36.7 Å². The Morgan fingerprint density at radius 2 is 1.11 bits per heavy atom. The van der Waals surface area contributed by atoms with Crippen molar-refractivity contribution in [3.05, 3.63) is 0 Å². The SMILES string of the molecule is O=C1CCC[C@@]23C(=O)OCC[C@@H]4C[C@H]5C(=O)CCC[C@@]45C(=O)OCC[C@@H]2C[C@@H]13. The maximum absolute atomic E-state index is 13.1. The van der Waals surface area contributed by atoms with Gasteiger partial charge in [0.05, 0.1) is 24.0 Å². The molecule has 152 valence electrons. The minimum absolute atomic E-state index is 0.0416. The van der Waals surface area contributed by atoms with E-state index in [-0.39, 0.29) is 60.4 Å². The van der Waals surface area contributed by atoms with E-state index in [0.717, 1.165) is 12.8 Å². The number of rotatable bonds is 0. The van der Waals surface area contributed by atoms with E-state index in [0.29, 0.717) is 51.4 Å². The summed E-state index contributed by atoms with van der Waals surface area (Å²) in [5.41, 5.74) is -1.39. The van der Waals surface area contributed by atoms with Gasteiger partial charge in [-0.1, -0.05) is 0 Å². The number of cyclic esters (lactones) is 2. The molecule has 0 aromatic rings. The molecule has 1 saturated heterocycles. The van der Waals surface area contributed by atoms with Crippen LogP contribution in [0.1, 0.15) is 64.2 Å². The summed E-state index contributed by atoms with van der Waals surface area (Å²) >= 11 is 0. The topological polar surface area (TPSA) is 86.7 Å². The van der Waals surface area contributed by atoms with E-state index in [2.05, 4.69) is 0 Å². The van der Waals surface area contributed by atoms with Gasteiger partial charge < -0.3 is 9.47 Å². The molecule has 0 aromatic carbocycles. The molecule has 0 amide bonds. The van der Waals surface area contributed by atoms with E-state index in [1.54, 1.807) is 0 Å². The van der Waals surface area contributed by atoms with Gasteiger partial charge in [0.15, 0.2) is 0 Å². The second-order valence-corrected chi connectivity index (χ2v) is 9.54. The molecule has 0 N–H and O–H groups in total. The van der Waals surface area contributed by atoms with E-state index in [1.165, 1.54) is 0 Å². The Morgan fingerprint density at radius 1 is 0.679 bits per heavy atom. The smallest absolute Gasteiger partial charge is 0.313 e. The van der Waals surface area contributed by atoms with Gasteiger partial charge in [0, 0.05) is 24.7 Å². The molecule has 0 radical (unpaired) electrons. The molecule has 28 heavy (non-hydrogen) atoms. The maximum atomic E-state index is 13.1. The molecular weight excluding hydrogens is 360 g/mol. The van der Waals surface area contributed by atoms with Gasteiger partial charge >= 0.3 is 11.9 Å². The highest BCUT2D eigenvalue weighted by Gasteiger charge is 2.66. The van der Waals surface area contributed by atoms with Gasteiger partial charge in [-0.15, -0.1) is 0 Å². The van der Waals surface area contributed by atoms with Gasteiger partial charge in [-0.05, 0) is 63.2 Å². The quantitative estimate of drug-likeness (QED) is 0.593. The number of Topliss-reactive ketones (excluding diaryl/α,β-unsaturated/α-hetero) is 2. The Labute approximate surface area is 164 Å². The van der Waals surface area contributed by atoms with Gasteiger partial charge in [0.25, 0.3) is 0 Å². The Bertz CT molecular complexity index is 681. The summed E-state index contributed by atoms with van der Waals surface area (Å²) in [4.78, 5) is 50.8. The van der Waals surface area contributed by atoms with Crippen molar-refractivity contribution in [2.45, 2.75) is 64.2 Å². The summed E-state index contributed by atoms with van der Waals surface area (Å²) in [6.07, 6.45) is 6.54. The Balaban J connectivity index is 1.38. The van der Waals surface area contributed by atoms with Crippen LogP contribution in [-0.2, 0) is 28.7 Å². The molecule has 0 bridgehead atoms. The number of hydrogen-bond donors (Lipinski definition) is 0. The highest BCUT2D eigenvalue weighted by atomic mass is 16.5. The van der Waals surface area contributed by atoms with Crippen LogP contribution in [0.4, 0.5) is 0 Å². The summed E-state index contributed by atoms with van der Waals surface area (Å²) in [5.74, 6) is -0.424. The minimum atomic E-state index is -0.693. The van der Waals surface area contributed by atoms with Crippen molar-refractivity contribution in [2.24, 2.45) is 34.5 Å². The molecule has 2 spiro atoms. The first-order valence-corrected chi connectivity index (χ1v) is 10.9. The van der Waals surface area contributed by atoms with Crippen LogP contribution in [0.15, 0.2) is 0 Å². The fourth-order valence-corrected chi connectivity index (χ4v) is 7.14. The van der Waals surface area contributed by atoms with Gasteiger partial charge in [-0.3, -0.25) is 19.2 Å². The zero-order valence-corrected chi connectivity index (χ0v) is 16.2. The van der Waals surface area contributed by atoms with Crippen LogP contribution < -0.4 is 0 Å². The van der Waals surface area contributed by atoms with Crippen molar-refractivity contribution in [3.63, 3.8) is 0 Å². The summed E-state index contributed by atoms with van der Waals surface area (Å²) in [7, 11) is 0. The molecule has 5 fully saturated rings. The lowest BCUT2D eigenvalue weighted by Gasteiger charge is -2.57. The highest BCUT2D eigenvalue weighted by Crippen LogP contribution is 2.62. The molecule has 1 heterocycles. The number of esters is 2. The van der Waals surface area contributed by atoms with Crippen LogP contribution in [0.5, 0.6) is 0 Å². The Hall–Kier alpha value is -1.72. The monoisotopic (exact) mass is 388 g/mol. The van der Waals surface area contributed by atoms with Crippen LogP contribution in [0.3, 0.4) is 0 Å². The first kappa shape index (κ1) is 18.3. The summed E-state index contributed by atoms with van der Waals surface area (Å²) in [6.45, 7) is 0.518. The lowest BCUT2D eigenvalue weighted by molar-refractivity contribution is -0.200. The molecule has 1 aliphatic heterocycles. The van der Waals surface area contributed by atoms with Crippen molar-refractivity contribution in [1.82, 2.24) is 0 Å². The molecule has 0 unspecified atom stereocenters. The van der Waals surface area contributed by atoms with Crippen LogP contribution in [0.2, 0.25) is 0 Å². The average molecular weight is 388 g/mol. The summed E-state index contributed by atoms with van der Waals surface area (Å²) in [5, 5.41) is 0. The first-order chi connectivity index (χ1) is 13.5. The third-order valence-electron chi connectivity index (χ3n) is 8.70. The van der Waals surface area contributed by atoms with Crippen molar-refractivity contribution < 1.29 is 28.7 Å². The lowest BCUT2D eigenvalue weighted by atomic mass is 9.46. The minimum Gasteiger partial charge on any atom is -0.465 e. The normalized spacial score (nSPS) is 46.0.